The fourth-order valence-corrected chi connectivity index (χ4v) is 1.46. The summed E-state index contributed by atoms with van der Waals surface area (Å²) in [6.07, 6.45) is 0. The molecule has 0 aliphatic rings. The number of amides is 1. The maximum Gasteiger partial charge on any atom is 0.252 e. The van der Waals surface area contributed by atoms with Gasteiger partial charge in [-0.15, -0.1) is 0 Å². The molecule has 92 valence electrons. The standard InChI is InChI=1S/C13H10FNO3/c14-8-4-5-12(11(6-8)13(15)17)18-10-3-1-2-9(16)7-10/h1-7,16H,(H2,15,17). The van der Waals surface area contributed by atoms with Crippen molar-refractivity contribution in [1.82, 2.24) is 0 Å². The molecule has 0 heterocycles. The second kappa shape index (κ2) is 4.75. The highest BCUT2D eigenvalue weighted by molar-refractivity contribution is 5.95. The van der Waals surface area contributed by atoms with Gasteiger partial charge in [0.05, 0.1) is 5.56 Å². The van der Waals surface area contributed by atoms with Gasteiger partial charge in [0, 0.05) is 6.07 Å². The molecule has 0 aromatic heterocycles. The van der Waals surface area contributed by atoms with E-state index in [1.54, 1.807) is 12.1 Å². The van der Waals surface area contributed by atoms with E-state index in [-0.39, 0.29) is 17.1 Å². The normalized spacial score (nSPS) is 10.1. The van der Waals surface area contributed by atoms with Crippen molar-refractivity contribution in [3.63, 3.8) is 0 Å². The van der Waals surface area contributed by atoms with Gasteiger partial charge >= 0.3 is 0 Å². The van der Waals surface area contributed by atoms with Crippen molar-refractivity contribution < 1.29 is 19.0 Å². The van der Waals surface area contributed by atoms with E-state index >= 15 is 0 Å². The molecule has 3 N–H and O–H groups in total. The first-order valence-corrected chi connectivity index (χ1v) is 5.12. The molecule has 2 rings (SSSR count). The molecule has 0 unspecified atom stereocenters. The Kier molecular flexibility index (Phi) is 3.14. The predicted octanol–water partition coefficient (Wildman–Crippen LogP) is 2.42. The fourth-order valence-electron chi connectivity index (χ4n) is 1.46. The smallest absolute Gasteiger partial charge is 0.252 e. The van der Waals surface area contributed by atoms with Gasteiger partial charge in [0.15, 0.2) is 0 Å². The van der Waals surface area contributed by atoms with Crippen molar-refractivity contribution in [2.24, 2.45) is 5.73 Å². The van der Waals surface area contributed by atoms with E-state index < -0.39 is 11.7 Å². The van der Waals surface area contributed by atoms with Crippen molar-refractivity contribution in [2.75, 3.05) is 0 Å². The summed E-state index contributed by atoms with van der Waals surface area (Å²) >= 11 is 0. The van der Waals surface area contributed by atoms with E-state index in [9.17, 15) is 14.3 Å². The summed E-state index contributed by atoms with van der Waals surface area (Å²) in [5.74, 6) is -0.884. The van der Waals surface area contributed by atoms with Crippen molar-refractivity contribution in [1.29, 1.82) is 0 Å². The zero-order valence-corrected chi connectivity index (χ0v) is 9.26. The van der Waals surface area contributed by atoms with Crippen LogP contribution in [-0.2, 0) is 0 Å². The van der Waals surface area contributed by atoms with Gasteiger partial charge in [0.1, 0.15) is 23.1 Å². The Morgan fingerprint density at radius 2 is 2.00 bits per heavy atom. The lowest BCUT2D eigenvalue weighted by atomic mass is 10.2. The van der Waals surface area contributed by atoms with Crippen LogP contribution in [0.25, 0.3) is 0 Å². The number of aromatic hydroxyl groups is 1. The van der Waals surface area contributed by atoms with Crippen molar-refractivity contribution in [2.45, 2.75) is 0 Å². The highest BCUT2D eigenvalue weighted by atomic mass is 19.1. The molecule has 0 bridgehead atoms. The Hall–Kier alpha value is -2.56. The highest BCUT2D eigenvalue weighted by Crippen LogP contribution is 2.27. The van der Waals surface area contributed by atoms with Crippen molar-refractivity contribution in [3.8, 4) is 17.2 Å². The maximum atomic E-state index is 13.0. The number of ether oxygens (including phenoxy) is 1. The topological polar surface area (TPSA) is 72.6 Å². The number of phenolic OH excluding ortho intramolecular Hbond substituents is 1. The third kappa shape index (κ3) is 2.57. The molecule has 0 saturated carbocycles. The Balaban J connectivity index is 2.37. The summed E-state index contributed by atoms with van der Waals surface area (Å²) in [5, 5.41) is 9.28. The van der Waals surface area contributed by atoms with Crippen LogP contribution in [0.5, 0.6) is 17.2 Å². The fraction of sp³-hybridized carbons (Fsp3) is 0. The third-order valence-electron chi connectivity index (χ3n) is 2.25. The van der Waals surface area contributed by atoms with Crippen molar-refractivity contribution in [3.05, 3.63) is 53.8 Å². The molecule has 0 atom stereocenters. The molecule has 0 radical (unpaired) electrons. The average molecular weight is 247 g/mol. The third-order valence-corrected chi connectivity index (χ3v) is 2.25. The van der Waals surface area contributed by atoms with Gasteiger partial charge in [0.2, 0.25) is 0 Å². The molecule has 1 amide bonds. The monoisotopic (exact) mass is 247 g/mol. The lowest BCUT2D eigenvalue weighted by Crippen LogP contribution is -2.12. The first-order chi connectivity index (χ1) is 8.56. The predicted molar refractivity (Wildman–Crippen MR) is 63.1 cm³/mol. The maximum absolute atomic E-state index is 13.0. The number of nitrogens with two attached hydrogens (primary N) is 1. The molecule has 0 saturated heterocycles. The van der Waals surface area contributed by atoms with Gasteiger partial charge in [-0.25, -0.2) is 4.39 Å². The number of benzene rings is 2. The second-order valence-electron chi connectivity index (χ2n) is 3.60. The molecule has 18 heavy (non-hydrogen) atoms. The molecular formula is C13H10FNO3. The highest BCUT2D eigenvalue weighted by Gasteiger charge is 2.11. The average Bonchev–Trinajstić information content (AvgIpc) is 2.31. The van der Waals surface area contributed by atoms with E-state index in [0.717, 1.165) is 12.1 Å². The molecule has 5 heteroatoms. The van der Waals surface area contributed by atoms with Crippen LogP contribution < -0.4 is 10.5 Å². The van der Waals surface area contributed by atoms with Crippen LogP contribution in [0.1, 0.15) is 10.4 Å². The number of rotatable bonds is 3. The van der Waals surface area contributed by atoms with Crippen LogP contribution in [0.15, 0.2) is 42.5 Å². The minimum Gasteiger partial charge on any atom is -0.508 e. The SMILES string of the molecule is NC(=O)c1cc(F)ccc1Oc1cccc(O)c1. The number of primary amides is 1. The number of carbonyl (C=O) groups is 1. The molecule has 0 aliphatic heterocycles. The van der Waals surface area contributed by atoms with E-state index in [1.165, 1.54) is 18.2 Å². The molecule has 0 fully saturated rings. The summed E-state index contributed by atoms with van der Waals surface area (Å²) in [4.78, 5) is 11.2. The van der Waals surface area contributed by atoms with Gasteiger partial charge in [-0.2, -0.15) is 0 Å². The Morgan fingerprint density at radius 1 is 1.22 bits per heavy atom. The van der Waals surface area contributed by atoms with Gasteiger partial charge in [-0.05, 0) is 30.3 Å². The number of hydrogen-bond donors (Lipinski definition) is 2. The van der Waals surface area contributed by atoms with Crippen LogP contribution >= 0.6 is 0 Å². The van der Waals surface area contributed by atoms with E-state index in [2.05, 4.69) is 0 Å². The Morgan fingerprint density at radius 3 is 2.67 bits per heavy atom. The van der Waals surface area contributed by atoms with Crippen molar-refractivity contribution >= 4 is 5.91 Å². The van der Waals surface area contributed by atoms with Gasteiger partial charge in [-0.3, -0.25) is 4.79 Å². The van der Waals surface area contributed by atoms with Crippen LogP contribution in [0, 0.1) is 5.82 Å². The first kappa shape index (κ1) is 11.9. The van der Waals surface area contributed by atoms with E-state index in [0.29, 0.717) is 5.75 Å². The number of halogens is 1. The lowest BCUT2D eigenvalue weighted by Gasteiger charge is -2.09. The van der Waals surface area contributed by atoms with E-state index in [1.807, 2.05) is 0 Å². The van der Waals surface area contributed by atoms with Crippen LogP contribution in [0.3, 0.4) is 0 Å². The van der Waals surface area contributed by atoms with E-state index in [4.69, 9.17) is 10.5 Å². The number of hydrogen-bond acceptors (Lipinski definition) is 3. The summed E-state index contributed by atoms with van der Waals surface area (Å²) in [5.41, 5.74) is 5.07. The molecular weight excluding hydrogens is 237 g/mol. The second-order valence-corrected chi connectivity index (χ2v) is 3.60. The molecule has 2 aromatic rings. The molecule has 2 aromatic carbocycles. The summed E-state index contributed by atoms with van der Waals surface area (Å²) in [7, 11) is 0. The van der Waals surface area contributed by atoms with Crippen LogP contribution in [-0.4, -0.2) is 11.0 Å². The largest absolute Gasteiger partial charge is 0.508 e. The zero-order valence-electron chi connectivity index (χ0n) is 9.26. The quantitative estimate of drug-likeness (QED) is 0.874. The summed E-state index contributed by atoms with van der Waals surface area (Å²) < 4.78 is 18.4. The number of phenols is 1. The minimum atomic E-state index is -0.787. The lowest BCUT2D eigenvalue weighted by molar-refractivity contribution is 0.0997. The van der Waals surface area contributed by atoms with Crippen LogP contribution in [0.2, 0.25) is 0 Å². The zero-order chi connectivity index (χ0) is 13.1. The minimum absolute atomic E-state index is 0.0234. The number of carbonyl (C=O) groups excluding carboxylic acids is 1. The Bertz CT molecular complexity index is 599. The van der Waals surface area contributed by atoms with Gasteiger partial charge in [-0.1, -0.05) is 6.07 Å². The molecule has 0 spiro atoms. The molecule has 4 nitrogen and oxygen atoms in total. The van der Waals surface area contributed by atoms with Gasteiger partial charge < -0.3 is 15.6 Å². The Labute approximate surface area is 102 Å². The van der Waals surface area contributed by atoms with Gasteiger partial charge in [0.25, 0.3) is 5.91 Å². The summed E-state index contributed by atoms with van der Waals surface area (Å²) in [6, 6.07) is 9.48. The molecule has 0 aliphatic carbocycles. The first-order valence-electron chi connectivity index (χ1n) is 5.12. The van der Waals surface area contributed by atoms with Crippen LogP contribution in [0.4, 0.5) is 4.39 Å². The summed E-state index contributed by atoms with van der Waals surface area (Å²) in [6.45, 7) is 0.